The Hall–Kier alpha value is -2.40. The number of carbonyl (C=O) groups is 1. The van der Waals surface area contributed by atoms with E-state index in [-0.39, 0.29) is 18.6 Å². The van der Waals surface area contributed by atoms with Crippen LogP contribution in [0, 0.1) is 6.92 Å². The normalized spacial score (nSPS) is 17.4. The van der Waals surface area contributed by atoms with Crippen molar-refractivity contribution >= 4 is 27.5 Å². The molecule has 4 rings (SSSR count). The van der Waals surface area contributed by atoms with Crippen LogP contribution in [-0.2, 0) is 4.79 Å². The Kier molecular flexibility index (Phi) is 4.89. The fraction of sp³-hybridized carbons (Fsp3) is 0.333. The summed E-state index contributed by atoms with van der Waals surface area (Å²) in [6.07, 6.45) is 3.14. The van der Waals surface area contributed by atoms with E-state index in [1.54, 1.807) is 11.3 Å². The lowest BCUT2D eigenvalue weighted by molar-refractivity contribution is -0.137. The van der Waals surface area contributed by atoms with Crippen LogP contribution in [0.25, 0.3) is 10.2 Å². The highest BCUT2D eigenvalue weighted by molar-refractivity contribution is 7.18. The Bertz CT molecular complexity index is 888. The second kappa shape index (κ2) is 7.46. The summed E-state index contributed by atoms with van der Waals surface area (Å²) in [6, 6.07) is 16.0. The molecule has 0 aliphatic carbocycles. The van der Waals surface area contributed by atoms with Gasteiger partial charge in [0, 0.05) is 6.54 Å². The van der Waals surface area contributed by atoms with Crippen LogP contribution in [0.1, 0.15) is 35.9 Å². The van der Waals surface area contributed by atoms with Crippen molar-refractivity contribution < 1.29 is 9.53 Å². The zero-order valence-corrected chi connectivity index (χ0v) is 15.7. The molecule has 134 valence electrons. The van der Waals surface area contributed by atoms with Gasteiger partial charge in [-0.1, -0.05) is 30.3 Å². The highest BCUT2D eigenvalue weighted by atomic mass is 32.1. The quantitative estimate of drug-likeness (QED) is 0.670. The Morgan fingerprint density at radius 1 is 1.19 bits per heavy atom. The summed E-state index contributed by atoms with van der Waals surface area (Å²) in [5, 5.41) is 1.04. The van der Waals surface area contributed by atoms with Gasteiger partial charge in [-0.2, -0.15) is 0 Å². The molecule has 0 radical (unpaired) electrons. The molecule has 1 aliphatic rings. The third-order valence-electron chi connectivity index (χ3n) is 4.86. The number of fused-ring (bicyclic) bond motifs is 1. The number of hydrogen-bond acceptors (Lipinski definition) is 4. The van der Waals surface area contributed by atoms with Crippen molar-refractivity contribution in [2.45, 2.75) is 32.2 Å². The van der Waals surface area contributed by atoms with E-state index in [2.05, 4.69) is 6.07 Å². The molecule has 4 nitrogen and oxygen atoms in total. The van der Waals surface area contributed by atoms with Crippen molar-refractivity contribution in [3.05, 3.63) is 59.1 Å². The van der Waals surface area contributed by atoms with Crippen molar-refractivity contribution in [2.75, 3.05) is 13.2 Å². The molecule has 5 heteroatoms. The van der Waals surface area contributed by atoms with E-state index in [0.29, 0.717) is 0 Å². The molecule has 1 aliphatic heterocycles. The first-order chi connectivity index (χ1) is 12.7. The molecule has 26 heavy (non-hydrogen) atoms. The molecule has 1 amide bonds. The lowest BCUT2D eigenvalue weighted by Gasteiger charge is -2.34. The summed E-state index contributed by atoms with van der Waals surface area (Å²) in [5.41, 5.74) is 2.06. The first-order valence-corrected chi connectivity index (χ1v) is 9.87. The number of rotatable bonds is 4. The largest absolute Gasteiger partial charge is 0.484 e. The maximum atomic E-state index is 12.9. The number of para-hydroxylation sites is 2. The molecule has 0 bridgehead atoms. The Morgan fingerprint density at radius 2 is 2.00 bits per heavy atom. The predicted octanol–water partition coefficient (Wildman–Crippen LogP) is 4.74. The van der Waals surface area contributed by atoms with Gasteiger partial charge in [0.25, 0.3) is 5.91 Å². The molecule has 1 aromatic heterocycles. The summed E-state index contributed by atoms with van der Waals surface area (Å²) in [4.78, 5) is 19.6. The molecule has 3 aromatic rings. The number of aryl methyl sites for hydroxylation is 1. The van der Waals surface area contributed by atoms with Crippen molar-refractivity contribution in [2.24, 2.45) is 0 Å². The van der Waals surface area contributed by atoms with Gasteiger partial charge < -0.3 is 9.64 Å². The van der Waals surface area contributed by atoms with Crippen LogP contribution >= 0.6 is 11.3 Å². The SMILES string of the molecule is Cc1ccccc1OCC(=O)N1CCCCC1c1nc2ccccc2s1. The zero-order valence-electron chi connectivity index (χ0n) is 14.9. The lowest BCUT2D eigenvalue weighted by Crippen LogP contribution is -2.41. The van der Waals surface area contributed by atoms with E-state index < -0.39 is 0 Å². The van der Waals surface area contributed by atoms with E-state index in [9.17, 15) is 4.79 Å². The van der Waals surface area contributed by atoms with Gasteiger partial charge >= 0.3 is 0 Å². The average Bonchev–Trinajstić information content (AvgIpc) is 3.11. The monoisotopic (exact) mass is 366 g/mol. The predicted molar refractivity (Wildman–Crippen MR) is 105 cm³/mol. The first kappa shape index (κ1) is 17.0. The minimum Gasteiger partial charge on any atom is -0.484 e. The smallest absolute Gasteiger partial charge is 0.261 e. The van der Waals surface area contributed by atoms with E-state index in [1.165, 1.54) is 4.70 Å². The number of nitrogens with zero attached hydrogens (tertiary/aromatic N) is 2. The summed E-state index contributed by atoms with van der Waals surface area (Å²) in [6.45, 7) is 2.84. The van der Waals surface area contributed by atoms with Gasteiger partial charge in [0.05, 0.1) is 16.3 Å². The van der Waals surface area contributed by atoms with Gasteiger partial charge in [0.15, 0.2) is 6.61 Å². The fourth-order valence-corrected chi connectivity index (χ4v) is 4.58. The Labute approximate surface area is 157 Å². The molecule has 1 saturated heterocycles. The van der Waals surface area contributed by atoms with Gasteiger partial charge in [0.2, 0.25) is 0 Å². The number of benzene rings is 2. The number of amides is 1. The van der Waals surface area contributed by atoms with Crippen molar-refractivity contribution in [3.8, 4) is 5.75 Å². The zero-order chi connectivity index (χ0) is 17.9. The van der Waals surface area contributed by atoms with Crippen molar-refractivity contribution in [1.82, 2.24) is 9.88 Å². The van der Waals surface area contributed by atoms with E-state index in [0.717, 1.165) is 47.6 Å². The van der Waals surface area contributed by atoms with Gasteiger partial charge in [0.1, 0.15) is 10.8 Å². The van der Waals surface area contributed by atoms with Crippen LogP contribution in [0.15, 0.2) is 48.5 Å². The highest BCUT2D eigenvalue weighted by Gasteiger charge is 2.30. The first-order valence-electron chi connectivity index (χ1n) is 9.06. The Balaban J connectivity index is 1.51. The van der Waals surface area contributed by atoms with E-state index in [4.69, 9.17) is 9.72 Å². The minimum absolute atomic E-state index is 0.0391. The summed E-state index contributed by atoms with van der Waals surface area (Å²) >= 11 is 1.70. The molecule has 1 fully saturated rings. The summed E-state index contributed by atoms with van der Waals surface area (Å²) < 4.78 is 6.96. The van der Waals surface area contributed by atoms with Gasteiger partial charge in [-0.05, 0) is 49.9 Å². The van der Waals surface area contributed by atoms with Crippen LogP contribution in [0.5, 0.6) is 5.75 Å². The number of aromatic nitrogens is 1. The maximum Gasteiger partial charge on any atom is 0.261 e. The standard InChI is InChI=1S/C21H22N2O2S/c1-15-8-2-4-11-18(15)25-14-20(24)23-13-7-6-10-17(23)21-22-16-9-3-5-12-19(16)26-21/h2-5,8-9,11-12,17H,6-7,10,13-14H2,1H3. The molecular formula is C21H22N2O2S. The van der Waals surface area contributed by atoms with Crippen LogP contribution in [-0.4, -0.2) is 28.9 Å². The fourth-order valence-electron chi connectivity index (χ4n) is 3.46. The van der Waals surface area contributed by atoms with Crippen LogP contribution < -0.4 is 4.74 Å². The molecule has 1 unspecified atom stereocenters. The molecular weight excluding hydrogens is 344 g/mol. The Morgan fingerprint density at radius 3 is 2.85 bits per heavy atom. The number of thiazole rings is 1. The van der Waals surface area contributed by atoms with Gasteiger partial charge in [-0.3, -0.25) is 4.79 Å². The molecule has 1 atom stereocenters. The maximum absolute atomic E-state index is 12.9. The third kappa shape index (κ3) is 3.44. The van der Waals surface area contributed by atoms with Gasteiger partial charge in [-0.15, -0.1) is 11.3 Å². The van der Waals surface area contributed by atoms with E-state index >= 15 is 0 Å². The number of hydrogen-bond donors (Lipinski definition) is 0. The minimum atomic E-state index is 0.0391. The van der Waals surface area contributed by atoms with Gasteiger partial charge in [-0.25, -0.2) is 4.98 Å². The second-order valence-corrected chi connectivity index (χ2v) is 7.73. The molecule has 2 aromatic carbocycles. The number of likely N-dealkylation sites (tertiary alicyclic amines) is 1. The third-order valence-corrected chi connectivity index (χ3v) is 6.00. The van der Waals surface area contributed by atoms with Crippen LogP contribution in [0.2, 0.25) is 0 Å². The molecule has 0 N–H and O–H groups in total. The highest BCUT2D eigenvalue weighted by Crippen LogP contribution is 2.35. The number of piperidine rings is 1. The van der Waals surface area contributed by atoms with Crippen molar-refractivity contribution in [1.29, 1.82) is 0 Å². The molecule has 0 saturated carbocycles. The van der Waals surface area contributed by atoms with E-state index in [1.807, 2.05) is 54.3 Å². The van der Waals surface area contributed by atoms with Crippen LogP contribution in [0.4, 0.5) is 0 Å². The number of carbonyl (C=O) groups excluding carboxylic acids is 1. The summed E-state index contributed by atoms with van der Waals surface area (Å²) in [7, 11) is 0. The topological polar surface area (TPSA) is 42.4 Å². The number of ether oxygens (including phenoxy) is 1. The second-order valence-electron chi connectivity index (χ2n) is 6.67. The molecule has 2 heterocycles. The lowest BCUT2D eigenvalue weighted by atomic mass is 10.0. The van der Waals surface area contributed by atoms with Crippen molar-refractivity contribution in [3.63, 3.8) is 0 Å². The summed E-state index contributed by atoms with van der Waals surface area (Å²) in [5.74, 6) is 0.812. The average molecular weight is 366 g/mol. The molecule has 0 spiro atoms. The van der Waals surface area contributed by atoms with Crippen LogP contribution in [0.3, 0.4) is 0 Å².